The zero-order valence-corrected chi connectivity index (χ0v) is 15.3. The van der Waals surface area contributed by atoms with Crippen molar-refractivity contribution in [2.45, 2.75) is 13.3 Å². The van der Waals surface area contributed by atoms with Crippen molar-refractivity contribution < 1.29 is 24.0 Å². The molecule has 0 saturated carbocycles. The smallest absolute Gasteiger partial charge is 0.363 e. The van der Waals surface area contributed by atoms with Crippen LogP contribution in [0.1, 0.15) is 24.5 Å². The molecule has 28 heavy (non-hydrogen) atoms. The van der Waals surface area contributed by atoms with E-state index in [4.69, 9.17) is 21.1 Å². The van der Waals surface area contributed by atoms with E-state index in [0.29, 0.717) is 11.3 Å². The molecule has 8 nitrogen and oxygen atoms in total. The van der Waals surface area contributed by atoms with E-state index in [1.165, 1.54) is 24.3 Å². The Hall–Kier alpha value is -3.52. The maximum atomic E-state index is 12.1. The Balaban J connectivity index is 1.92. The van der Waals surface area contributed by atoms with Gasteiger partial charge in [0.1, 0.15) is 5.75 Å². The maximum Gasteiger partial charge on any atom is 0.363 e. The molecule has 3 rings (SSSR count). The van der Waals surface area contributed by atoms with Gasteiger partial charge in [-0.15, -0.1) is 0 Å². The molecule has 1 heterocycles. The quantitative estimate of drug-likeness (QED) is 0.247. The number of halogens is 1. The molecular weight excluding hydrogens is 388 g/mol. The Morgan fingerprint density at radius 3 is 2.82 bits per heavy atom. The molecule has 0 atom stereocenters. The third-order valence-corrected chi connectivity index (χ3v) is 4.02. The fourth-order valence-corrected chi connectivity index (χ4v) is 2.54. The van der Waals surface area contributed by atoms with Crippen LogP contribution in [0.2, 0.25) is 5.02 Å². The van der Waals surface area contributed by atoms with Gasteiger partial charge in [0, 0.05) is 18.6 Å². The number of nitro groups is 1. The minimum atomic E-state index is -0.728. The topological polar surface area (TPSA) is 108 Å². The normalized spacial score (nSPS) is 14.6. The van der Waals surface area contributed by atoms with E-state index in [1.807, 2.05) is 0 Å². The van der Waals surface area contributed by atoms with Gasteiger partial charge < -0.3 is 9.47 Å². The van der Waals surface area contributed by atoms with Crippen molar-refractivity contribution in [3.8, 4) is 5.75 Å². The highest BCUT2D eigenvalue weighted by atomic mass is 35.5. The first-order valence-corrected chi connectivity index (χ1v) is 8.53. The molecule has 0 unspecified atom stereocenters. The number of esters is 2. The first-order chi connectivity index (χ1) is 13.4. The SMILES string of the molecule is CCC(=O)Oc1cccc(/C=C2\N=C(c3cc([N+](=O)[O-])ccc3Cl)OC2=O)c1. The standard InChI is InChI=1S/C19H13ClN2O6/c1-2-17(23)27-13-5-3-4-11(8-13)9-16-19(24)28-18(21-16)14-10-12(22(25)26)6-7-15(14)20/h3-10H,2H2,1H3/b16-9-. The summed E-state index contributed by atoms with van der Waals surface area (Å²) in [6.07, 6.45) is 1.68. The summed E-state index contributed by atoms with van der Waals surface area (Å²) in [5, 5.41) is 11.1. The Labute approximate surface area is 164 Å². The maximum absolute atomic E-state index is 12.1. The zero-order valence-electron chi connectivity index (χ0n) is 14.5. The number of rotatable bonds is 5. The van der Waals surface area contributed by atoms with Crippen molar-refractivity contribution >= 4 is 41.2 Å². The number of ether oxygens (including phenoxy) is 2. The third kappa shape index (κ3) is 4.24. The molecule has 9 heteroatoms. The second kappa shape index (κ2) is 8.01. The fraction of sp³-hybridized carbons (Fsp3) is 0.105. The number of hydrogen-bond donors (Lipinski definition) is 0. The van der Waals surface area contributed by atoms with E-state index in [2.05, 4.69) is 4.99 Å². The highest BCUT2D eigenvalue weighted by Crippen LogP contribution is 2.27. The number of carbonyl (C=O) groups excluding carboxylic acids is 2. The summed E-state index contributed by atoms with van der Waals surface area (Å²) in [6, 6.07) is 10.3. The summed E-state index contributed by atoms with van der Waals surface area (Å²) in [4.78, 5) is 38.0. The van der Waals surface area contributed by atoms with Crippen molar-refractivity contribution in [2.24, 2.45) is 4.99 Å². The van der Waals surface area contributed by atoms with Crippen molar-refractivity contribution in [2.75, 3.05) is 0 Å². The van der Waals surface area contributed by atoms with E-state index >= 15 is 0 Å². The number of cyclic esters (lactones) is 1. The molecule has 0 aromatic heterocycles. The second-order valence-corrected chi connectivity index (χ2v) is 6.06. The number of nitrogens with zero attached hydrogens (tertiary/aromatic N) is 2. The Morgan fingerprint density at radius 2 is 2.11 bits per heavy atom. The number of non-ortho nitro benzene ring substituents is 1. The van der Waals surface area contributed by atoms with Crippen LogP contribution in [-0.2, 0) is 14.3 Å². The predicted octanol–water partition coefficient (Wildman–Crippen LogP) is 3.91. The number of benzene rings is 2. The van der Waals surface area contributed by atoms with Crippen molar-refractivity contribution in [3.63, 3.8) is 0 Å². The van der Waals surface area contributed by atoms with Gasteiger partial charge in [0.05, 0.1) is 15.5 Å². The summed E-state index contributed by atoms with van der Waals surface area (Å²) in [5.41, 5.74) is 0.472. The molecule has 0 fully saturated rings. The summed E-state index contributed by atoms with van der Waals surface area (Å²) in [6.45, 7) is 1.68. The second-order valence-electron chi connectivity index (χ2n) is 5.66. The Kier molecular flexibility index (Phi) is 5.51. The van der Waals surface area contributed by atoms with Gasteiger partial charge in [0.2, 0.25) is 5.90 Å². The van der Waals surface area contributed by atoms with Crippen LogP contribution in [0, 0.1) is 10.1 Å². The number of nitro benzene ring substituents is 1. The number of hydrogen-bond acceptors (Lipinski definition) is 7. The van der Waals surface area contributed by atoms with Crippen LogP contribution >= 0.6 is 11.6 Å². The molecule has 1 aliphatic rings. The lowest BCUT2D eigenvalue weighted by molar-refractivity contribution is -0.384. The lowest BCUT2D eigenvalue weighted by atomic mass is 10.2. The largest absolute Gasteiger partial charge is 0.427 e. The van der Waals surface area contributed by atoms with Crippen LogP contribution in [-0.4, -0.2) is 22.8 Å². The van der Waals surface area contributed by atoms with Crippen LogP contribution in [0.15, 0.2) is 53.2 Å². The fourth-order valence-electron chi connectivity index (χ4n) is 2.34. The van der Waals surface area contributed by atoms with E-state index < -0.39 is 10.9 Å². The van der Waals surface area contributed by atoms with Crippen LogP contribution in [0.3, 0.4) is 0 Å². The first-order valence-electron chi connectivity index (χ1n) is 8.15. The van der Waals surface area contributed by atoms with Gasteiger partial charge in [0.15, 0.2) is 5.70 Å². The molecule has 0 saturated heterocycles. The third-order valence-electron chi connectivity index (χ3n) is 3.69. The van der Waals surface area contributed by atoms with Crippen LogP contribution in [0.5, 0.6) is 5.75 Å². The molecule has 0 spiro atoms. The monoisotopic (exact) mass is 400 g/mol. The highest BCUT2D eigenvalue weighted by Gasteiger charge is 2.27. The van der Waals surface area contributed by atoms with Crippen molar-refractivity contribution in [3.05, 3.63) is 74.4 Å². The lowest BCUT2D eigenvalue weighted by Gasteiger charge is -2.03. The van der Waals surface area contributed by atoms with E-state index in [0.717, 1.165) is 0 Å². The van der Waals surface area contributed by atoms with E-state index in [1.54, 1.807) is 31.2 Å². The molecule has 0 aliphatic carbocycles. The summed E-state index contributed by atoms with van der Waals surface area (Å²) < 4.78 is 10.2. The van der Waals surface area contributed by atoms with Crippen LogP contribution in [0.4, 0.5) is 5.69 Å². The molecule has 0 N–H and O–H groups in total. The zero-order chi connectivity index (χ0) is 20.3. The molecule has 1 aliphatic heterocycles. The average molecular weight is 401 g/mol. The molecule has 0 amide bonds. The predicted molar refractivity (Wildman–Crippen MR) is 101 cm³/mol. The highest BCUT2D eigenvalue weighted by molar-refractivity contribution is 6.34. The molecule has 2 aromatic rings. The van der Waals surface area contributed by atoms with Gasteiger partial charge in [-0.3, -0.25) is 14.9 Å². The van der Waals surface area contributed by atoms with E-state index in [9.17, 15) is 19.7 Å². The Morgan fingerprint density at radius 1 is 1.32 bits per heavy atom. The van der Waals surface area contributed by atoms with Gasteiger partial charge >= 0.3 is 11.9 Å². The van der Waals surface area contributed by atoms with Crippen molar-refractivity contribution in [1.82, 2.24) is 0 Å². The molecular formula is C19H13ClN2O6. The summed E-state index contributed by atoms with van der Waals surface area (Å²) in [5.74, 6) is -0.906. The van der Waals surface area contributed by atoms with Gasteiger partial charge in [-0.05, 0) is 29.8 Å². The minimum absolute atomic E-state index is 0.0171. The Bertz CT molecular complexity index is 1040. The minimum Gasteiger partial charge on any atom is -0.427 e. The lowest BCUT2D eigenvalue weighted by Crippen LogP contribution is -2.06. The molecule has 0 radical (unpaired) electrons. The van der Waals surface area contributed by atoms with Gasteiger partial charge in [-0.1, -0.05) is 30.7 Å². The van der Waals surface area contributed by atoms with Gasteiger partial charge in [-0.2, -0.15) is 0 Å². The molecule has 2 aromatic carbocycles. The van der Waals surface area contributed by atoms with Crippen molar-refractivity contribution in [1.29, 1.82) is 0 Å². The number of carbonyl (C=O) groups is 2. The molecule has 0 bridgehead atoms. The summed E-state index contributed by atoms with van der Waals surface area (Å²) >= 11 is 6.06. The van der Waals surface area contributed by atoms with Crippen LogP contribution < -0.4 is 4.74 Å². The van der Waals surface area contributed by atoms with Gasteiger partial charge in [0.25, 0.3) is 5.69 Å². The molecule has 142 valence electrons. The average Bonchev–Trinajstić information content (AvgIpc) is 3.02. The van der Waals surface area contributed by atoms with Crippen LogP contribution in [0.25, 0.3) is 6.08 Å². The number of aliphatic imine (C=N–C) groups is 1. The van der Waals surface area contributed by atoms with E-state index in [-0.39, 0.29) is 40.3 Å². The van der Waals surface area contributed by atoms with Gasteiger partial charge in [-0.25, -0.2) is 9.79 Å². The first kappa shape index (κ1) is 19.2. The summed E-state index contributed by atoms with van der Waals surface area (Å²) in [7, 11) is 0.